The van der Waals surface area contributed by atoms with Gasteiger partial charge in [-0.15, -0.1) is 11.3 Å². The second-order valence-corrected chi connectivity index (χ2v) is 5.79. The van der Waals surface area contributed by atoms with Gasteiger partial charge in [0, 0.05) is 0 Å². The summed E-state index contributed by atoms with van der Waals surface area (Å²) in [5, 5.41) is 12.3. The first-order valence-corrected chi connectivity index (χ1v) is 7.30. The molecule has 0 fully saturated rings. The van der Waals surface area contributed by atoms with Crippen molar-refractivity contribution in [2.45, 2.75) is 26.8 Å². The zero-order valence-corrected chi connectivity index (χ0v) is 12.7. The van der Waals surface area contributed by atoms with E-state index >= 15 is 0 Å². The lowest BCUT2D eigenvalue weighted by molar-refractivity contribution is -0.120. The number of hydrogen-bond acceptors (Lipinski definition) is 4. The fourth-order valence-electron chi connectivity index (χ4n) is 1.94. The van der Waals surface area contributed by atoms with Gasteiger partial charge in [0.25, 0.3) is 0 Å². The van der Waals surface area contributed by atoms with Crippen LogP contribution >= 0.6 is 11.3 Å². The molecule has 2 aromatic rings. The van der Waals surface area contributed by atoms with Crippen LogP contribution in [0.5, 0.6) is 0 Å². The number of nitrogens with one attached hydrogen (secondary N) is 1. The first-order chi connectivity index (χ1) is 9.97. The van der Waals surface area contributed by atoms with Gasteiger partial charge in [0.1, 0.15) is 9.88 Å². The van der Waals surface area contributed by atoms with Gasteiger partial charge in [-0.3, -0.25) is 4.79 Å². The number of carboxylic acid groups (broad SMARTS) is 1. The smallest absolute Gasteiger partial charge is 0.347 e. The molecule has 1 amide bonds. The van der Waals surface area contributed by atoms with Gasteiger partial charge in [0.15, 0.2) is 0 Å². The van der Waals surface area contributed by atoms with Crippen LogP contribution in [0, 0.1) is 13.8 Å². The Hall–Kier alpha value is -2.21. The normalized spacial score (nSPS) is 10.4. The fraction of sp³-hybridized carbons (Fsp3) is 0.267. The van der Waals surface area contributed by atoms with E-state index in [1.807, 2.05) is 31.2 Å². The maximum absolute atomic E-state index is 11.9. The van der Waals surface area contributed by atoms with Gasteiger partial charge in [-0.1, -0.05) is 24.3 Å². The molecule has 0 aliphatic heterocycles. The summed E-state index contributed by atoms with van der Waals surface area (Å²) in [6, 6.07) is 7.72. The summed E-state index contributed by atoms with van der Waals surface area (Å²) >= 11 is 1.09. The number of hydrogen-bond donors (Lipinski definition) is 2. The molecule has 1 aromatic carbocycles. The first kappa shape index (κ1) is 15.2. The topological polar surface area (TPSA) is 79.3 Å². The number of carbonyl (C=O) groups is 2. The Morgan fingerprint density at radius 1 is 1.29 bits per heavy atom. The summed E-state index contributed by atoms with van der Waals surface area (Å²) in [6.45, 7) is 3.87. The van der Waals surface area contributed by atoms with E-state index in [-0.39, 0.29) is 17.3 Å². The average molecular weight is 304 g/mol. The van der Waals surface area contributed by atoms with Gasteiger partial charge in [-0.25, -0.2) is 9.78 Å². The highest BCUT2D eigenvalue weighted by Gasteiger charge is 2.14. The molecule has 0 spiro atoms. The number of carboxylic acids is 1. The summed E-state index contributed by atoms with van der Waals surface area (Å²) in [5.74, 6) is -1.09. The van der Waals surface area contributed by atoms with Crippen LogP contribution in [0.15, 0.2) is 24.3 Å². The number of aromatic carboxylic acids is 1. The average Bonchev–Trinajstić information content (AvgIpc) is 2.80. The second-order valence-electron chi connectivity index (χ2n) is 4.71. The van der Waals surface area contributed by atoms with Crippen molar-refractivity contribution in [3.8, 4) is 0 Å². The summed E-state index contributed by atoms with van der Waals surface area (Å²) in [7, 11) is 0. The Morgan fingerprint density at radius 3 is 2.62 bits per heavy atom. The number of carbonyl (C=O) groups excluding carboxylic acids is 1. The SMILES string of the molecule is Cc1ccccc1CC(=O)NCc1nc(C)c(C(=O)O)s1. The monoisotopic (exact) mass is 304 g/mol. The molecule has 0 atom stereocenters. The molecule has 1 heterocycles. The van der Waals surface area contributed by atoms with Crippen molar-refractivity contribution >= 4 is 23.2 Å². The molecule has 0 unspecified atom stereocenters. The molecule has 110 valence electrons. The molecular weight excluding hydrogens is 288 g/mol. The Kier molecular flexibility index (Phi) is 4.70. The summed E-state index contributed by atoms with van der Waals surface area (Å²) in [6.07, 6.45) is 0.308. The number of nitrogens with zero attached hydrogens (tertiary/aromatic N) is 1. The van der Waals surface area contributed by atoms with Crippen molar-refractivity contribution in [1.82, 2.24) is 10.3 Å². The van der Waals surface area contributed by atoms with Gasteiger partial charge < -0.3 is 10.4 Å². The highest BCUT2D eigenvalue weighted by molar-refractivity contribution is 7.13. The van der Waals surface area contributed by atoms with E-state index in [2.05, 4.69) is 10.3 Å². The van der Waals surface area contributed by atoms with Crippen molar-refractivity contribution in [2.24, 2.45) is 0 Å². The summed E-state index contributed by atoms with van der Waals surface area (Å²) in [5.41, 5.74) is 2.54. The molecule has 1 aromatic heterocycles. The van der Waals surface area contributed by atoms with Gasteiger partial charge in [0.2, 0.25) is 5.91 Å². The Balaban J connectivity index is 1.94. The van der Waals surface area contributed by atoms with Crippen molar-refractivity contribution in [3.63, 3.8) is 0 Å². The molecule has 0 radical (unpaired) electrons. The highest BCUT2D eigenvalue weighted by Crippen LogP contribution is 2.17. The van der Waals surface area contributed by atoms with Crippen LogP contribution < -0.4 is 5.32 Å². The van der Waals surface area contributed by atoms with E-state index in [1.165, 1.54) is 0 Å². The van der Waals surface area contributed by atoms with Crippen molar-refractivity contribution in [2.75, 3.05) is 0 Å². The standard InChI is InChI=1S/C15H16N2O3S/c1-9-5-3-4-6-11(9)7-12(18)16-8-13-17-10(2)14(21-13)15(19)20/h3-6H,7-8H2,1-2H3,(H,16,18)(H,19,20). The van der Waals surface area contributed by atoms with Crippen LogP contribution in [-0.4, -0.2) is 22.0 Å². The van der Waals surface area contributed by atoms with Crippen molar-refractivity contribution < 1.29 is 14.7 Å². The zero-order chi connectivity index (χ0) is 15.4. The van der Waals surface area contributed by atoms with E-state index in [0.717, 1.165) is 22.5 Å². The van der Waals surface area contributed by atoms with Gasteiger partial charge in [-0.05, 0) is 25.0 Å². The summed E-state index contributed by atoms with van der Waals surface area (Å²) < 4.78 is 0. The Morgan fingerprint density at radius 2 is 2.00 bits per heavy atom. The number of rotatable bonds is 5. The molecule has 2 N–H and O–H groups in total. The van der Waals surface area contributed by atoms with Crippen LogP contribution in [0.2, 0.25) is 0 Å². The lowest BCUT2D eigenvalue weighted by Crippen LogP contribution is -2.24. The molecule has 0 saturated heterocycles. The van der Waals surface area contributed by atoms with Crippen LogP contribution in [-0.2, 0) is 17.8 Å². The van der Waals surface area contributed by atoms with E-state index in [9.17, 15) is 9.59 Å². The lowest BCUT2D eigenvalue weighted by Gasteiger charge is -2.05. The van der Waals surface area contributed by atoms with Crippen LogP contribution in [0.3, 0.4) is 0 Å². The zero-order valence-electron chi connectivity index (χ0n) is 11.8. The quantitative estimate of drug-likeness (QED) is 0.888. The molecule has 0 saturated carbocycles. The van der Waals surface area contributed by atoms with Gasteiger partial charge in [-0.2, -0.15) is 0 Å². The van der Waals surface area contributed by atoms with E-state index < -0.39 is 5.97 Å². The van der Waals surface area contributed by atoms with E-state index in [0.29, 0.717) is 17.1 Å². The first-order valence-electron chi connectivity index (χ1n) is 6.48. The number of aromatic nitrogens is 1. The Bertz CT molecular complexity index is 679. The van der Waals surface area contributed by atoms with Crippen LogP contribution in [0.4, 0.5) is 0 Å². The molecule has 0 aliphatic carbocycles. The highest BCUT2D eigenvalue weighted by atomic mass is 32.1. The molecule has 2 rings (SSSR count). The maximum Gasteiger partial charge on any atom is 0.347 e. The molecule has 5 nitrogen and oxygen atoms in total. The minimum absolute atomic E-state index is 0.103. The van der Waals surface area contributed by atoms with Crippen LogP contribution in [0.1, 0.15) is 31.5 Å². The van der Waals surface area contributed by atoms with Crippen molar-refractivity contribution in [1.29, 1.82) is 0 Å². The molecule has 6 heteroatoms. The van der Waals surface area contributed by atoms with Crippen LogP contribution in [0.25, 0.3) is 0 Å². The number of benzene rings is 1. The number of aryl methyl sites for hydroxylation is 2. The summed E-state index contributed by atoms with van der Waals surface area (Å²) in [4.78, 5) is 27.2. The minimum Gasteiger partial charge on any atom is -0.477 e. The third kappa shape index (κ3) is 3.88. The van der Waals surface area contributed by atoms with E-state index in [1.54, 1.807) is 6.92 Å². The Labute approximate surface area is 126 Å². The predicted octanol–water partition coefficient (Wildman–Crippen LogP) is 2.32. The third-order valence-corrected chi connectivity index (χ3v) is 4.23. The molecule has 0 aliphatic rings. The number of thiazole rings is 1. The van der Waals surface area contributed by atoms with Gasteiger partial charge >= 0.3 is 5.97 Å². The van der Waals surface area contributed by atoms with Crippen molar-refractivity contribution in [3.05, 3.63) is 51.0 Å². The largest absolute Gasteiger partial charge is 0.477 e. The minimum atomic E-state index is -0.984. The second kappa shape index (κ2) is 6.49. The molecular formula is C15H16N2O3S. The molecule has 0 bridgehead atoms. The maximum atomic E-state index is 11.9. The number of amides is 1. The predicted molar refractivity (Wildman–Crippen MR) is 80.5 cm³/mol. The molecule has 21 heavy (non-hydrogen) atoms. The van der Waals surface area contributed by atoms with E-state index in [4.69, 9.17) is 5.11 Å². The fourth-order valence-corrected chi connectivity index (χ4v) is 2.79. The third-order valence-electron chi connectivity index (χ3n) is 3.08. The van der Waals surface area contributed by atoms with Gasteiger partial charge in [0.05, 0.1) is 18.7 Å². The lowest BCUT2D eigenvalue weighted by atomic mass is 10.1.